The number of likely N-dealkylation sites (tertiary alicyclic amines) is 1. The monoisotopic (exact) mass is 461 g/mol. The first kappa shape index (κ1) is 23.6. The van der Waals surface area contributed by atoms with E-state index in [0.717, 1.165) is 11.1 Å². The van der Waals surface area contributed by atoms with Crippen LogP contribution in [0.2, 0.25) is 10.0 Å². The highest BCUT2D eigenvalue weighted by Crippen LogP contribution is 2.51. The smallest absolute Gasteiger partial charge is 0.330 e. The van der Waals surface area contributed by atoms with Gasteiger partial charge in [-0.3, -0.25) is 4.79 Å². The van der Waals surface area contributed by atoms with Gasteiger partial charge in [0.25, 0.3) is 0 Å². The molecule has 6 heteroatoms. The molecule has 0 bridgehead atoms. The van der Waals surface area contributed by atoms with Crippen LogP contribution in [0.1, 0.15) is 70.0 Å². The maximum atomic E-state index is 13.5. The van der Waals surface area contributed by atoms with Crippen LogP contribution in [-0.2, 0) is 9.59 Å². The van der Waals surface area contributed by atoms with E-state index in [4.69, 9.17) is 23.2 Å². The van der Waals surface area contributed by atoms with Gasteiger partial charge in [0, 0.05) is 22.4 Å². The van der Waals surface area contributed by atoms with Gasteiger partial charge < -0.3 is 10.0 Å². The molecule has 0 saturated carbocycles. The average molecular weight is 462 g/mol. The summed E-state index contributed by atoms with van der Waals surface area (Å²) in [5.74, 6) is -1.22. The van der Waals surface area contributed by atoms with Gasteiger partial charge in [0.2, 0.25) is 5.91 Å². The van der Waals surface area contributed by atoms with Crippen molar-refractivity contribution in [3.05, 3.63) is 69.7 Å². The number of carboxylic acids is 1. The van der Waals surface area contributed by atoms with Gasteiger partial charge in [0.15, 0.2) is 0 Å². The van der Waals surface area contributed by atoms with Crippen molar-refractivity contribution < 1.29 is 14.7 Å². The van der Waals surface area contributed by atoms with Crippen LogP contribution in [0, 0.1) is 5.41 Å². The number of nitrogens with zero attached hydrogens (tertiary/aromatic N) is 1. The summed E-state index contributed by atoms with van der Waals surface area (Å²) in [6.45, 7) is 7.51. The van der Waals surface area contributed by atoms with E-state index < -0.39 is 23.0 Å². The normalized spacial score (nSPS) is 21.6. The number of aliphatic carboxylic acids is 1. The molecule has 1 aliphatic rings. The lowest BCUT2D eigenvalue weighted by Crippen LogP contribution is -2.66. The quantitative estimate of drug-likeness (QED) is 0.537. The Morgan fingerprint density at radius 3 is 2.23 bits per heavy atom. The van der Waals surface area contributed by atoms with Gasteiger partial charge in [0.1, 0.15) is 5.54 Å². The summed E-state index contributed by atoms with van der Waals surface area (Å²) in [6.07, 6.45) is 1.20. The first-order valence-electron chi connectivity index (χ1n) is 10.6. The predicted molar refractivity (Wildman–Crippen MR) is 125 cm³/mol. The second-order valence-electron chi connectivity index (χ2n) is 9.23. The van der Waals surface area contributed by atoms with E-state index >= 15 is 0 Å². The van der Waals surface area contributed by atoms with E-state index in [1.54, 1.807) is 17.0 Å². The molecule has 0 aliphatic carbocycles. The molecule has 0 aromatic heterocycles. The average Bonchev–Trinajstić information content (AvgIpc) is 2.69. The third-order valence-electron chi connectivity index (χ3n) is 6.60. The Bertz CT molecular complexity index is 967. The lowest BCUT2D eigenvalue weighted by Gasteiger charge is -2.55. The molecule has 166 valence electrons. The molecule has 1 fully saturated rings. The molecule has 1 heterocycles. The van der Waals surface area contributed by atoms with Crippen LogP contribution in [0.5, 0.6) is 0 Å². The largest absolute Gasteiger partial charge is 0.479 e. The standard InChI is InChI=1S/C25H29Cl2NO3/c1-5-25(23(30)31,24(2,3)4)28-21(29)14-13-20(17-7-6-8-19(27)15-17)22(28)16-9-11-18(26)12-10-16/h6-12,15,20,22H,5,13-14H2,1-4H3,(H,30,31)/t20-,22-,25-/m1/s1. The number of rotatable bonds is 5. The zero-order chi connectivity index (χ0) is 23.0. The van der Waals surface area contributed by atoms with Crippen LogP contribution in [0.25, 0.3) is 0 Å². The van der Waals surface area contributed by atoms with Crippen LogP contribution in [0.4, 0.5) is 0 Å². The van der Waals surface area contributed by atoms with Crippen LogP contribution >= 0.6 is 23.2 Å². The lowest BCUT2D eigenvalue weighted by atomic mass is 9.67. The molecule has 3 rings (SSSR count). The number of carbonyl (C=O) groups excluding carboxylic acids is 1. The molecular formula is C25H29Cl2NO3. The molecule has 31 heavy (non-hydrogen) atoms. The molecule has 2 aromatic carbocycles. The van der Waals surface area contributed by atoms with E-state index in [1.165, 1.54) is 0 Å². The number of halogens is 2. The minimum atomic E-state index is -1.37. The van der Waals surface area contributed by atoms with Crippen LogP contribution in [-0.4, -0.2) is 27.4 Å². The molecule has 1 saturated heterocycles. The molecule has 4 nitrogen and oxygen atoms in total. The topological polar surface area (TPSA) is 57.6 Å². The van der Waals surface area contributed by atoms with Crippen molar-refractivity contribution >= 4 is 35.1 Å². The molecule has 0 radical (unpaired) electrons. The number of hydrogen-bond donors (Lipinski definition) is 1. The second kappa shape index (κ2) is 8.84. The van der Waals surface area contributed by atoms with Crippen molar-refractivity contribution in [2.45, 2.75) is 64.5 Å². The summed E-state index contributed by atoms with van der Waals surface area (Å²) in [7, 11) is 0. The maximum Gasteiger partial charge on any atom is 0.330 e. The van der Waals surface area contributed by atoms with Crippen molar-refractivity contribution in [2.24, 2.45) is 5.41 Å². The highest BCUT2D eigenvalue weighted by atomic mass is 35.5. The van der Waals surface area contributed by atoms with Gasteiger partial charge in [0.05, 0.1) is 6.04 Å². The third-order valence-corrected chi connectivity index (χ3v) is 7.09. The second-order valence-corrected chi connectivity index (χ2v) is 10.1. The molecule has 1 N–H and O–H groups in total. The Hall–Kier alpha value is -2.04. The maximum absolute atomic E-state index is 13.5. The van der Waals surface area contributed by atoms with E-state index in [-0.39, 0.29) is 18.2 Å². The first-order chi connectivity index (χ1) is 14.5. The minimum Gasteiger partial charge on any atom is -0.479 e. The van der Waals surface area contributed by atoms with Gasteiger partial charge in [-0.2, -0.15) is 0 Å². The number of carboxylic acid groups (broad SMARTS) is 1. The highest BCUT2D eigenvalue weighted by Gasteiger charge is 2.58. The van der Waals surface area contributed by atoms with Crippen molar-refractivity contribution in [1.29, 1.82) is 0 Å². The molecule has 3 atom stereocenters. The Balaban J connectivity index is 2.28. The van der Waals surface area contributed by atoms with Gasteiger partial charge in [-0.25, -0.2) is 4.79 Å². The fourth-order valence-electron chi connectivity index (χ4n) is 5.11. The van der Waals surface area contributed by atoms with Crippen molar-refractivity contribution in [1.82, 2.24) is 4.90 Å². The molecule has 0 unspecified atom stereocenters. The van der Waals surface area contributed by atoms with Crippen LogP contribution in [0.15, 0.2) is 48.5 Å². The summed E-state index contributed by atoms with van der Waals surface area (Å²) < 4.78 is 0. The van der Waals surface area contributed by atoms with E-state index in [2.05, 4.69) is 0 Å². The number of piperidine rings is 1. The number of amides is 1. The molecular weight excluding hydrogens is 433 g/mol. The number of benzene rings is 2. The van der Waals surface area contributed by atoms with Crippen molar-refractivity contribution in [2.75, 3.05) is 0 Å². The molecule has 1 aliphatic heterocycles. The zero-order valence-electron chi connectivity index (χ0n) is 18.4. The van der Waals surface area contributed by atoms with Crippen LogP contribution < -0.4 is 0 Å². The van der Waals surface area contributed by atoms with Crippen LogP contribution in [0.3, 0.4) is 0 Å². The predicted octanol–water partition coefficient (Wildman–Crippen LogP) is 6.72. The first-order valence-corrected chi connectivity index (χ1v) is 11.3. The number of carbonyl (C=O) groups is 2. The van der Waals surface area contributed by atoms with E-state index in [0.29, 0.717) is 22.9 Å². The van der Waals surface area contributed by atoms with Gasteiger partial charge >= 0.3 is 5.97 Å². The third kappa shape index (κ3) is 4.20. The summed E-state index contributed by atoms with van der Waals surface area (Å²) in [5.41, 5.74) is -0.199. The summed E-state index contributed by atoms with van der Waals surface area (Å²) in [4.78, 5) is 27.9. The fourth-order valence-corrected chi connectivity index (χ4v) is 5.43. The highest BCUT2D eigenvalue weighted by molar-refractivity contribution is 6.30. The Morgan fingerprint density at radius 1 is 1.06 bits per heavy atom. The van der Waals surface area contributed by atoms with Gasteiger partial charge in [-0.15, -0.1) is 0 Å². The Kier molecular flexibility index (Phi) is 6.73. The lowest BCUT2D eigenvalue weighted by molar-refractivity contribution is -0.177. The molecule has 1 amide bonds. The molecule has 0 spiro atoms. The molecule has 2 aromatic rings. The van der Waals surface area contributed by atoms with E-state index in [1.807, 2.05) is 64.1 Å². The summed E-state index contributed by atoms with van der Waals surface area (Å²) in [5, 5.41) is 11.7. The Morgan fingerprint density at radius 2 is 1.71 bits per heavy atom. The van der Waals surface area contributed by atoms with E-state index in [9.17, 15) is 14.7 Å². The van der Waals surface area contributed by atoms with Gasteiger partial charge in [-0.05, 0) is 53.6 Å². The van der Waals surface area contributed by atoms with Gasteiger partial charge in [-0.1, -0.05) is 75.2 Å². The SMILES string of the molecule is CC[C@](C(=O)O)(N1C(=O)CC[C@H](c2cccc(Cl)c2)[C@H]1c1ccc(Cl)cc1)C(C)(C)C. The summed E-state index contributed by atoms with van der Waals surface area (Å²) >= 11 is 12.4. The Labute approximate surface area is 194 Å². The minimum absolute atomic E-state index is 0.0924. The van der Waals surface area contributed by atoms with Crippen molar-refractivity contribution in [3.63, 3.8) is 0 Å². The number of hydrogen-bond acceptors (Lipinski definition) is 2. The van der Waals surface area contributed by atoms with Crippen molar-refractivity contribution in [3.8, 4) is 0 Å². The zero-order valence-corrected chi connectivity index (χ0v) is 19.9. The summed E-state index contributed by atoms with van der Waals surface area (Å²) in [6, 6.07) is 14.5. The fraction of sp³-hybridized carbons (Fsp3) is 0.440.